The van der Waals surface area contributed by atoms with Crippen molar-refractivity contribution in [1.82, 2.24) is 5.43 Å². The number of hydrogen-bond acceptors (Lipinski definition) is 3. The summed E-state index contributed by atoms with van der Waals surface area (Å²) in [6.45, 7) is 2.58. The zero-order valence-electron chi connectivity index (χ0n) is 11.5. The van der Waals surface area contributed by atoms with Crippen LogP contribution in [0.4, 0.5) is 0 Å². The number of halogens is 1. The smallest absolute Gasteiger partial charge is 0.120 e. The molecule has 3 nitrogen and oxygen atoms in total. The second kappa shape index (κ2) is 7.29. The number of hydrazine groups is 1. The van der Waals surface area contributed by atoms with Crippen molar-refractivity contribution in [2.24, 2.45) is 5.84 Å². The van der Waals surface area contributed by atoms with Gasteiger partial charge in [-0.05, 0) is 35.7 Å². The van der Waals surface area contributed by atoms with Crippen LogP contribution in [0.15, 0.2) is 48.5 Å². The summed E-state index contributed by atoms with van der Waals surface area (Å²) in [5.74, 6) is 6.35. The number of aryl methyl sites for hydroxylation is 1. The van der Waals surface area contributed by atoms with Crippen LogP contribution < -0.4 is 16.0 Å². The van der Waals surface area contributed by atoms with Crippen LogP contribution in [0.25, 0.3) is 0 Å². The molecule has 0 radical (unpaired) electrons. The van der Waals surface area contributed by atoms with Crippen LogP contribution in [0.2, 0.25) is 5.02 Å². The summed E-state index contributed by atoms with van der Waals surface area (Å²) < 4.78 is 5.72. The van der Waals surface area contributed by atoms with Crippen molar-refractivity contribution < 1.29 is 4.74 Å². The molecule has 0 amide bonds. The van der Waals surface area contributed by atoms with E-state index in [0.29, 0.717) is 11.6 Å². The van der Waals surface area contributed by atoms with E-state index in [1.54, 1.807) is 6.07 Å². The first-order valence-electron chi connectivity index (χ1n) is 6.66. The Morgan fingerprint density at radius 1 is 1.20 bits per heavy atom. The minimum Gasteiger partial charge on any atom is -0.492 e. The molecule has 2 aromatic carbocycles. The van der Waals surface area contributed by atoms with Crippen molar-refractivity contribution in [2.75, 3.05) is 6.61 Å². The molecule has 0 aliphatic rings. The van der Waals surface area contributed by atoms with Gasteiger partial charge in [-0.1, -0.05) is 48.9 Å². The average molecular weight is 291 g/mol. The summed E-state index contributed by atoms with van der Waals surface area (Å²) in [6.07, 6.45) is 1.03. The Bertz CT molecular complexity index is 542. The lowest BCUT2D eigenvalue weighted by atomic mass is 10.0. The van der Waals surface area contributed by atoms with E-state index in [-0.39, 0.29) is 6.04 Å². The summed E-state index contributed by atoms with van der Waals surface area (Å²) >= 11 is 5.92. The van der Waals surface area contributed by atoms with Crippen LogP contribution in [-0.4, -0.2) is 6.61 Å². The molecule has 0 aliphatic carbocycles. The van der Waals surface area contributed by atoms with Gasteiger partial charge in [0.25, 0.3) is 0 Å². The normalized spacial score (nSPS) is 12.2. The van der Waals surface area contributed by atoms with Crippen LogP contribution in [0.3, 0.4) is 0 Å². The van der Waals surface area contributed by atoms with E-state index in [2.05, 4.69) is 36.6 Å². The Morgan fingerprint density at radius 2 is 1.95 bits per heavy atom. The molecule has 0 aliphatic heterocycles. The number of ether oxygens (including phenoxy) is 1. The zero-order chi connectivity index (χ0) is 14.4. The fraction of sp³-hybridized carbons (Fsp3) is 0.250. The number of nitrogens with two attached hydrogens (primary N) is 1. The number of nitrogens with one attached hydrogen (secondary N) is 1. The van der Waals surface area contributed by atoms with E-state index in [0.717, 1.165) is 17.7 Å². The SMILES string of the molecule is CCc1ccc(C(COc2cccc(Cl)c2)NN)cc1. The third kappa shape index (κ3) is 3.97. The summed E-state index contributed by atoms with van der Waals surface area (Å²) in [6, 6.07) is 15.7. The van der Waals surface area contributed by atoms with E-state index >= 15 is 0 Å². The number of hydrogen-bond donors (Lipinski definition) is 2. The molecule has 20 heavy (non-hydrogen) atoms. The Kier molecular flexibility index (Phi) is 5.41. The monoisotopic (exact) mass is 290 g/mol. The Balaban J connectivity index is 2.01. The van der Waals surface area contributed by atoms with Gasteiger partial charge in [0.05, 0.1) is 6.04 Å². The van der Waals surface area contributed by atoms with Gasteiger partial charge in [0.2, 0.25) is 0 Å². The first kappa shape index (κ1) is 14.9. The summed E-state index contributed by atoms with van der Waals surface area (Å²) in [5.41, 5.74) is 5.19. The van der Waals surface area contributed by atoms with Crippen molar-refractivity contribution in [3.8, 4) is 5.75 Å². The molecular weight excluding hydrogens is 272 g/mol. The Hall–Kier alpha value is -1.55. The van der Waals surface area contributed by atoms with Gasteiger partial charge in [-0.3, -0.25) is 5.84 Å². The number of rotatable bonds is 6. The molecule has 0 heterocycles. The molecule has 1 atom stereocenters. The highest BCUT2D eigenvalue weighted by molar-refractivity contribution is 6.30. The van der Waals surface area contributed by atoms with Crippen molar-refractivity contribution >= 4 is 11.6 Å². The lowest BCUT2D eigenvalue weighted by molar-refractivity contribution is 0.267. The molecule has 0 aromatic heterocycles. The molecular formula is C16H19ClN2O. The maximum absolute atomic E-state index is 5.92. The van der Waals surface area contributed by atoms with E-state index in [1.807, 2.05) is 18.2 Å². The largest absolute Gasteiger partial charge is 0.492 e. The third-order valence-electron chi connectivity index (χ3n) is 3.20. The predicted molar refractivity (Wildman–Crippen MR) is 82.8 cm³/mol. The van der Waals surface area contributed by atoms with Gasteiger partial charge in [0, 0.05) is 5.02 Å². The minimum absolute atomic E-state index is 0.0557. The molecule has 1 unspecified atom stereocenters. The van der Waals surface area contributed by atoms with E-state index in [4.69, 9.17) is 22.2 Å². The molecule has 4 heteroatoms. The lowest BCUT2D eigenvalue weighted by Gasteiger charge is -2.17. The second-order valence-electron chi connectivity index (χ2n) is 4.58. The second-order valence-corrected chi connectivity index (χ2v) is 5.02. The maximum atomic E-state index is 5.92. The van der Waals surface area contributed by atoms with Gasteiger partial charge in [-0.25, -0.2) is 5.43 Å². The summed E-state index contributed by atoms with van der Waals surface area (Å²) in [5, 5.41) is 0.659. The predicted octanol–water partition coefficient (Wildman–Crippen LogP) is 3.49. The maximum Gasteiger partial charge on any atom is 0.120 e. The molecule has 0 saturated heterocycles. The highest BCUT2D eigenvalue weighted by Crippen LogP contribution is 2.20. The number of benzene rings is 2. The minimum atomic E-state index is -0.0557. The molecule has 106 valence electrons. The van der Waals surface area contributed by atoms with Crippen molar-refractivity contribution in [3.63, 3.8) is 0 Å². The summed E-state index contributed by atoms with van der Waals surface area (Å²) in [7, 11) is 0. The van der Waals surface area contributed by atoms with Crippen molar-refractivity contribution in [1.29, 1.82) is 0 Å². The van der Waals surface area contributed by atoms with E-state index in [9.17, 15) is 0 Å². The van der Waals surface area contributed by atoms with Gasteiger partial charge in [-0.2, -0.15) is 0 Å². The Labute approximate surface area is 124 Å². The van der Waals surface area contributed by atoms with E-state index < -0.39 is 0 Å². The molecule has 0 bridgehead atoms. The topological polar surface area (TPSA) is 47.3 Å². The fourth-order valence-electron chi connectivity index (χ4n) is 1.96. The molecule has 2 aromatic rings. The lowest BCUT2D eigenvalue weighted by Crippen LogP contribution is -2.32. The van der Waals surface area contributed by atoms with Crippen LogP contribution in [0.5, 0.6) is 5.75 Å². The molecule has 2 rings (SSSR count). The van der Waals surface area contributed by atoms with Crippen LogP contribution in [0.1, 0.15) is 24.1 Å². The average Bonchev–Trinajstić information content (AvgIpc) is 2.48. The zero-order valence-corrected chi connectivity index (χ0v) is 12.2. The fourth-order valence-corrected chi connectivity index (χ4v) is 2.14. The van der Waals surface area contributed by atoms with Gasteiger partial charge in [0.1, 0.15) is 12.4 Å². The van der Waals surface area contributed by atoms with Gasteiger partial charge in [-0.15, -0.1) is 0 Å². The van der Waals surface area contributed by atoms with Gasteiger partial charge in [0.15, 0.2) is 0 Å². The Morgan fingerprint density at radius 3 is 2.55 bits per heavy atom. The van der Waals surface area contributed by atoms with Crippen LogP contribution in [-0.2, 0) is 6.42 Å². The van der Waals surface area contributed by atoms with Gasteiger partial charge >= 0.3 is 0 Å². The molecule has 0 saturated carbocycles. The van der Waals surface area contributed by atoms with E-state index in [1.165, 1.54) is 5.56 Å². The van der Waals surface area contributed by atoms with Crippen LogP contribution >= 0.6 is 11.6 Å². The molecule has 0 fully saturated rings. The first-order chi connectivity index (χ1) is 9.72. The first-order valence-corrected chi connectivity index (χ1v) is 7.04. The highest BCUT2D eigenvalue weighted by Gasteiger charge is 2.10. The van der Waals surface area contributed by atoms with Crippen molar-refractivity contribution in [2.45, 2.75) is 19.4 Å². The quantitative estimate of drug-likeness (QED) is 0.632. The van der Waals surface area contributed by atoms with Crippen LogP contribution in [0, 0.1) is 0 Å². The summed E-state index contributed by atoms with van der Waals surface area (Å²) in [4.78, 5) is 0. The highest BCUT2D eigenvalue weighted by atomic mass is 35.5. The molecule has 3 N–H and O–H groups in total. The molecule has 0 spiro atoms. The van der Waals surface area contributed by atoms with Crippen molar-refractivity contribution in [3.05, 3.63) is 64.7 Å². The third-order valence-corrected chi connectivity index (χ3v) is 3.44. The standard InChI is InChI=1S/C16H19ClN2O/c1-2-12-6-8-13(9-7-12)16(19-18)11-20-15-5-3-4-14(17)10-15/h3-10,16,19H,2,11,18H2,1H3. The van der Waals surface area contributed by atoms with Gasteiger partial charge < -0.3 is 4.74 Å².